The Morgan fingerprint density at radius 3 is 2.72 bits per heavy atom. The van der Waals surface area contributed by atoms with Crippen LogP contribution in [0.1, 0.15) is 34.3 Å². The number of ether oxygens (including phenoxy) is 1. The predicted molar refractivity (Wildman–Crippen MR) is 114 cm³/mol. The minimum Gasteiger partial charge on any atom is -0.376 e. The SMILES string of the molecule is Cc1ccc2[nH]c(=O)c(CN(CC3CCCO3)C(=O)c3ccc(Cl)cc3)cc2c1. The number of aromatic amines is 1. The zero-order valence-corrected chi connectivity index (χ0v) is 17.0. The third-order valence-corrected chi connectivity index (χ3v) is 5.52. The lowest BCUT2D eigenvalue weighted by Crippen LogP contribution is -2.38. The summed E-state index contributed by atoms with van der Waals surface area (Å²) in [6.45, 7) is 3.40. The number of carbonyl (C=O) groups excluding carboxylic acids is 1. The molecule has 3 aromatic rings. The van der Waals surface area contributed by atoms with Gasteiger partial charge in [0.25, 0.3) is 11.5 Å². The second kappa shape index (κ2) is 8.39. The first kappa shape index (κ1) is 19.7. The molecule has 0 spiro atoms. The van der Waals surface area contributed by atoms with Crippen LogP contribution in [-0.2, 0) is 11.3 Å². The summed E-state index contributed by atoms with van der Waals surface area (Å²) in [6, 6.07) is 14.6. The van der Waals surface area contributed by atoms with E-state index in [9.17, 15) is 9.59 Å². The minimum atomic E-state index is -0.178. The second-order valence-corrected chi connectivity index (χ2v) is 7.98. The number of pyridine rings is 1. The van der Waals surface area contributed by atoms with Crippen molar-refractivity contribution in [3.63, 3.8) is 0 Å². The molecule has 1 aliphatic heterocycles. The Hall–Kier alpha value is -2.63. The van der Waals surface area contributed by atoms with E-state index in [1.54, 1.807) is 29.2 Å². The molecule has 1 aliphatic rings. The van der Waals surface area contributed by atoms with Crippen molar-refractivity contribution in [2.45, 2.75) is 32.4 Å². The fraction of sp³-hybridized carbons (Fsp3) is 0.304. The number of nitrogens with one attached hydrogen (secondary N) is 1. The summed E-state index contributed by atoms with van der Waals surface area (Å²) in [6.07, 6.45) is 1.90. The normalized spacial score (nSPS) is 16.3. The van der Waals surface area contributed by atoms with Crippen molar-refractivity contribution < 1.29 is 9.53 Å². The van der Waals surface area contributed by atoms with Crippen molar-refractivity contribution >= 4 is 28.4 Å². The van der Waals surface area contributed by atoms with Crippen molar-refractivity contribution in [1.29, 1.82) is 0 Å². The fourth-order valence-corrected chi connectivity index (χ4v) is 3.85. The summed E-state index contributed by atoms with van der Waals surface area (Å²) in [5.74, 6) is -0.138. The lowest BCUT2D eigenvalue weighted by molar-refractivity contribution is 0.0506. The van der Waals surface area contributed by atoms with Gasteiger partial charge in [-0.3, -0.25) is 9.59 Å². The number of H-pyrrole nitrogens is 1. The first-order valence-corrected chi connectivity index (χ1v) is 10.2. The van der Waals surface area contributed by atoms with Gasteiger partial charge in [-0.05, 0) is 67.6 Å². The molecule has 1 aromatic heterocycles. The number of benzene rings is 2. The average molecular weight is 411 g/mol. The molecule has 4 rings (SSSR count). The highest BCUT2D eigenvalue weighted by Crippen LogP contribution is 2.19. The summed E-state index contributed by atoms with van der Waals surface area (Å²) >= 11 is 5.96. The largest absolute Gasteiger partial charge is 0.376 e. The summed E-state index contributed by atoms with van der Waals surface area (Å²) in [4.78, 5) is 30.5. The smallest absolute Gasteiger partial charge is 0.254 e. The molecule has 1 saturated heterocycles. The number of hydrogen-bond acceptors (Lipinski definition) is 3. The Kier molecular flexibility index (Phi) is 5.69. The number of halogens is 1. The number of amides is 1. The van der Waals surface area contributed by atoms with Gasteiger partial charge in [-0.1, -0.05) is 23.2 Å². The molecule has 1 N–H and O–H groups in total. The quantitative estimate of drug-likeness (QED) is 0.681. The Morgan fingerprint density at radius 2 is 2.00 bits per heavy atom. The molecule has 1 amide bonds. The number of fused-ring (bicyclic) bond motifs is 1. The molecular formula is C23H23ClN2O3. The molecule has 150 valence electrons. The van der Waals surface area contributed by atoms with Crippen molar-refractivity contribution in [2.24, 2.45) is 0 Å². The highest BCUT2D eigenvalue weighted by Gasteiger charge is 2.24. The van der Waals surface area contributed by atoms with Gasteiger partial charge < -0.3 is 14.6 Å². The van der Waals surface area contributed by atoms with E-state index in [-0.39, 0.29) is 24.1 Å². The summed E-state index contributed by atoms with van der Waals surface area (Å²) < 4.78 is 5.74. The van der Waals surface area contributed by atoms with Crippen molar-refractivity contribution in [2.75, 3.05) is 13.2 Å². The van der Waals surface area contributed by atoms with Gasteiger partial charge in [-0.25, -0.2) is 0 Å². The Labute approximate surface area is 174 Å². The first-order valence-electron chi connectivity index (χ1n) is 9.78. The van der Waals surface area contributed by atoms with Crippen LogP contribution in [0.2, 0.25) is 5.02 Å². The van der Waals surface area contributed by atoms with E-state index in [4.69, 9.17) is 16.3 Å². The molecule has 2 heterocycles. The highest BCUT2D eigenvalue weighted by molar-refractivity contribution is 6.30. The molecule has 0 aliphatic carbocycles. The molecule has 0 saturated carbocycles. The van der Waals surface area contributed by atoms with Gasteiger partial charge in [0.05, 0.1) is 12.6 Å². The number of hydrogen-bond donors (Lipinski definition) is 1. The Balaban J connectivity index is 1.66. The maximum absolute atomic E-state index is 13.2. The van der Waals surface area contributed by atoms with Crippen LogP contribution in [0.4, 0.5) is 0 Å². The Bertz CT molecular complexity index is 1090. The number of carbonyl (C=O) groups is 1. The van der Waals surface area contributed by atoms with Crippen molar-refractivity contribution in [3.8, 4) is 0 Å². The molecule has 6 heteroatoms. The molecule has 1 fully saturated rings. The van der Waals surface area contributed by atoms with Crippen LogP contribution in [0.5, 0.6) is 0 Å². The zero-order valence-electron chi connectivity index (χ0n) is 16.3. The van der Waals surface area contributed by atoms with Gasteiger partial charge in [0, 0.05) is 34.8 Å². The van der Waals surface area contributed by atoms with Gasteiger partial charge in [-0.15, -0.1) is 0 Å². The summed E-state index contributed by atoms with van der Waals surface area (Å²) in [7, 11) is 0. The van der Waals surface area contributed by atoms with Crippen LogP contribution in [0.3, 0.4) is 0 Å². The van der Waals surface area contributed by atoms with Gasteiger partial charge in [0.1, 0.15) is 0 Å². The third-order valence-electron chi connectivity index (χ3n) is 5.26. The van der Waals surface area contributed by atoms with E-state index in [1.807, 2.05) is 31.2 Å². The highest BCUT2D eigenvalue weighted by atomic mass is 35.5. The minimum absolute atomic E-state index is 0.00645. The van der Waals surface area contributed by atoms with E-state index in [0.717, 1.165) is 29.3 Å². The molecule has 0 bridgehead atoms. The average Bonchev–Trinajstić information content (AvgIpc) is 3.21. The molecule has 1 unspecified atom stereocenters. The first-order chi connectivity index (χ1) is 14.0. The maximum Gasteiger partial charge on any atom is 0.254 e. The van der Waals surface area contributed by atoms with E-state index < -0.39 is 0 Å². The van der Waals surface area contributed by atoms with Gasteiger partial charge in [0.2, 0.25) is 0 Å². The molecular weight excluding hydrogens is 388 g/mol. The standard InChI is InChI=1S/C23H23ClN2O3/c1-15-4-9-21-17(11-15)12-18(22(27)25-21)13-26(14-20-3-2-10-29-20)23(28)16-5-7-19(24)8-6-16/h4-9,11-12,20H,2-3,10,13-14H2,1H3,(H,25,27). The van der Waals surface area contributed by atoms with Crippen molar-refractivity contribution in [3.05, 3.63) is 80.6 Å². The van der Waals surface area contributed by atoms with E-state index in [0.29, 0.717) is 29.3 Å². The van der Waals surface area contributed by atoms with E-state index in [2.05, 4.69) is 4.98 Å². The van der Waals surface area contributed by atoms with E-state index in [1.165, 1.54) is 0 Å². The second-order valence-electron chi connectivity index (χ2n) is 7.54. The Morgan fingerprint density at radius 1 is 1.21 bits per heavy atom. The van der Waals surface area contributed by atoms with Crippen LogP contribution >= 0.6 is 11.6 Å². The maximum atomic E-state index is 13.2. The molecule has 29 heavy (non-hydrogen) atoms. The van der Waals surface area contributed by atoms with Crippen LogP contribution in [0, 0.1) is 6.92 Å². The molecule has 5 nitrogen and oxygen atoms in total. The van der Waals surface area contributed by atoms with Gasteiger partial charge in [-0.2, -0.15) is 0 Å². The van der Waals surface area contributed by atoms with Gasteiger partial charge in [0.15, 0.2) is 0 Å². The zero-order chi connectivity index (χ0) is 20.4. The number of rotatable bonds is 5. The fourth-order valence-electron chi connectivity index (χ4n) is 3.72. The van der Waals surface area contributed by atoms with Crippen LogP contribution < -0.4 is 5.56 Å². The summed E-state index contributed by atoms with van der Waals surface area (Å²) in [5.41, 5.74) is 2.83. The molecule has 1 atom stereocenters. The molecule has 0 radical (unpaired) electrons. The number of aromatic nitrogens is 1. The van der Waals surface area contributed by atoms with Crippen molar-refractivity contribution in [1.82, 2.24) is 9.88 Å². The summed E-state index contributed by atoms with van der Waals surface area (Å²) in [5, 5.41) is 1.53. The lowest BCUT2D eigenvalue weighted by atomic mass is 10.1. The number of aryl methyl sites for hydroxylation is 1. The van der Waals surface area contributed by atoms with Crippen LogP contribution in [0.25, 0.3) is 10.9 Å². The topological polar surface area (TPSA) is 62.4 Å². The molecule has 2 aromatic carbocycles. The predicted octanol–water partition coefficient (Wildman–Crippen LogP) is 4.31. The van der Waals surface area contributed by atoms with Gasteiger partial charge >= 0.3 is 0 Å². The van der Waals surface area contributed by atoms with Crippen LogP contribution in [-0.4, -0.2) is 35.0 Å². The monoisotopic (exact) mass is 410 g/mol. The third kappa shape index (κ3) is 4.52. The lowest BCUT2D eigenvalue weighted by Gasteiger charge is -2.25. The van der Waals surface area contributed by atoms with Crippen LogP contribution in [0.15, 0.2) is 53.3 Å². The van der Waals surface area contributed by atoms with E-state index >= 15 is 0 Å². The number of nitrogens with zero attached hydrogens (tertiary/aromatic N) is 1.